The second-order valence-electron chi connectivity index (χ2n) is 10.4. The summed E-state index contributed by atoms with van der Waals surface area (Å²) in [5.74, 6) is 1.67. The Morgan fingerprint density at radius 1 is 1.08 bits per heavy atom. The number of hydrogen-bond donors (Lipinski definition) is 1. The topological polar surface area (TPSA) is 118 Å². The van der Waals surface area contributed by atoms with Gasteiger partial charge in [-0.3, -0.25) is 14.4 Å². The number of hydrogen-bond acceptors (Lipinski definition) is 7. The predicted molar refractivity (Wildman–Crippen MR) is 142 cm³/mol. The summed E-state index contributed by atoms with van der Waals surface area (Å²) >= 11 is 0. The number of aromatic nitrogens is 3. The molecule has 3 amide bonds. The monoisotopic (exact) mass is 526 g/mol. The minimum atomic E-state index is -0.250. The Morgan fingerprint density at radius 3 is 2.59 bits per heavy atom. The molecule has 1 atom stereocenters. The lowest BCUT2D eigenvalue weighted by Gasteiger charge is -2.20. The smallest absolute Gasteiger partial charge is 0.251 e. The van der Waals surface area contributed by atoms with Crippen LogP contribution in [0.3, 0.4) is 0 Å². The van der Waals surface area contributed by atoms with E-state index in [1.807, 2.05) is 40.1 Å². The Labute approximate surface area is 226 Å². The van der Waals surface area contributed by atoms with E-state index < -0.39 is 0 Å². The summed E-state index contributed by atoms with van der Waals surface area (Å²) in [4.78, 5) is 45.7. The molecule has 0 radical (unpaired) electrons. The summed E-state index contributed by atoms with van der Waals surface area (Å²) in [6, 6.07) is 12.8. The maximum absolute atomic E-state index is 13.2. The number of carbonyl (C=O) groups is 3. The third-order valence-corrected chi connectivity index (χ3v) is 7.40. The number of benzene rings is 2. The molecular weight excluding hydrogens is 496 g/mol. The lowest BCUT2D eigenvalue weighted by molar-refractivity contribution is -0.129. The number of nitrogens with one attached hydrogen (secondary N) is 1. The minimum absolute atomic E-state index is 0.105. The van der Waals surface area contributed by atoms with Crippen LogP contribution < -0.4 is 10.1 Å². The predicted octanol–water partition coefficient (Wildman–Crippen LogP) is 3.25. The number of nitrogens with zero attached hydrogens (tertiary/aromatic N) is 5. The van der Waals surface area contributed by atoms with Crippen molar-refractivity contribution < 1.29 is 19.1 Å². The molecule has 6 rings (SSSR count). The molecule has 1 N–H and O–H groups in total. The van der Waals surface area contributed by atoms with E-state index in [0.29, 0.717) is 67.1 Å². The van der Waals surface area contributed by atoms with Crippen molar-refractivity contribution in [2.45, 2.75) is 57.7 Å². The third-order valence-electron chi connectivity index (χ3n) is 7.40. The Kier molecular flexibility index (Phi) is 6.68. The molecule has 0 unspecified atom stereocenters. The summed E-state index contributed by atoms with van der Waals surface area (Å²) in [7, 11) is 0. The number of amides is 3. The first kappa shape index (κ1) is 25.0. The van der Waals surface area contributed by atoms with Gasteiger partial charge in [-0.25, -0.2) is 4.98 Å². The first-order valence-corrected chi connectivity index (χ1v) is 13.4. The number of rotatable bonds is 8. The van der Waals surface area contributed by atoms with Crippen LogP contribution in [0.15, 0.2) is 48.7 Å². The molecule has 2 aliphatic heterocycles. The number of ether oxygens (including phenoxy) is 1. The Hall–Kier alpha value is -4.34. The molecular formula is C29H30N6O4. The summed E-state index contributed by atoms with van der Waals surface area (Å²) in [6.07, 6.45) is 5.48. The minimum Gasteiger partial charge on any atom is -0.457 e. The molecule has 2 saturated heterocycles. The highest BCUT2D eigenvalue weighted by molar-refractivity contribution is 5.95. The van der Waals surface area contributed by atoms with Crippen LogP contribution in [0, 0.1) is 6.92 Å². The van der Waals surface area contributed by atoms with Gasteiger partial charge in [0.2, 0.25) is 11.8 Å². The maximum Gasteiger partial charge on any atom is 0.251 e. The van der Waals surface area contributed by atoms with Gasteiger partial charge in [-0.05, 0) is 62.6 Å². The molecule has 39 heavy (non-hydrogen) atoms. The normalized spacial score (nSPS) is 19.1. The fourth-order valence-corrected chi connectivity index (χ4v) is 5.12. The summed E-state index contributed by atoms with van der Waals surface area (Å²) in [5, 5.41) is 11.2. The van der Waals surface area contributed by atoms with Crippen molar-refractivity contribution in [1.29, 1.82) is 0 Å². The molecule has 0 bridgehead atoms. The van der Waals surface area contributed by atoms with E-state index in [1.165, 1.54) is 0 Å². The zero-order valence-corrected chi connectivity index (χ0v) is 21.8. The molecule has 200 valence electrons. The van der Waals surface area contributed by atoms with E-state index in [9.17, 15) is 14.4 Å². The highest BCUT2D eigenvalue weighted by Gasteiger charge is 2.39. The van der Waals surface area contributed by atoms with Crippen molar-refractivity contribution in [2.24, 2.45) is 0 Å². The highest BCUT2D eigenvalue weighted by atomic mass is 16.5. The highest BCUT2D eigenvalue weighted by Crippen LogP contribution is 2.32. The van der Waals surface area contributed by atoms with Gasteiger partial charge in [0.25, 0.3) is 5.91 Å². The van der Waals surface area contributed by atoms with Crippen LogP contribution in [0.2, 0.25) is 0 Å². The zero-order valence-electron chi connectivity index (χ0n) is 21.8. The van der Waals surface area contributed by atoms with Gasteiger partial charge in [0, 0.05) is 55.2 Å². The van der Waals surface area contributed by atoms with Gasteiger partial charge in [-0.2, -0.15) is 0 Å². The fourth-order valence-electron chi connectivity index (χ4n) is 5.12. The molecule has 10 heteroatoms. The molecule has 0 spiro atoms. The second-order valence-corrected chi connectivity index (χ2v) is 10.4. The van der Waals surface area contributed by atoms with E-state index in [1.54, 1.807) is 25.3 Å². The van der Waals surface area contributed by atoms with Gasteiger partial charge in [-0.1, -0.05) is 6.07 Å². The van der Waals surface area contributed by atoms with Crippen LogP contribution in [0.4, 0.5) is 0 Å². The van der Waals surface area contributed by atoms with E-state index in [4.69, 9.17) is 4.74 Å². The molecule has 1 aliphatic carbocycles. The molecule has 3 fully saturated rings. The van der Waals surface area contributed by atoms with Gasteiger partial charge < -0.3 is 19.9 Å². The van der Waals surface area contributed by atoms with Crippen molar-refractivity contribution in [3.63, 3.8) is 0 Å². The summed E-state index contributed by atoms with van der Waals surface area (Å²) in [6.45, 7) is 3.45. The number of carbonyl (C=O) groups excluding carboxylic acids is 3. The van der Waals surface area contributed by atoms with E-state index >= 15 is 0 Å². The van der Waals surface area contributed by atoms with Gasteiger partial charge in [0.15, 0.2) is 0 Å². The first-order valence-electron chi connectivity index (χ1n) is 13.4. The first-order chi connectivity index (χ1) is 18.9. The summed E-state index contributed by atoms with van der Waals surface area (Å²) in [5.41, 5.74) is 2.77. The van der Waals surface area contributed by atoms with Crippen LogP contribution in [0.25, 0.3) is 11.3 Å². The second kappa shape index (κ2) is 10.4. The number of likely N-dealkylation sites (tertiary alicyclic amines) is 2. The van der Waals surface area contributed by atoms with Gasteiger partial charge in [0.1, 0.15) is 23.0 Å². The average Bonchev–Trinajstić information content (AvgIpc) is 3.60. The Balaban J connectivity index is 1.21. The molecule has 3 aliphatic rings. The van der Waals surface area contributed by atoms with Crippen LogP contribution in [-0.4, -0.2) is 67.9 Å². The SMILES string of the molecule is Cc1ncc(-c2ccc(Oc3cc(C(=O)N[C@H]4CC(=O)N(C5CC5)C4)ccc3CN3CCCC3=O)cc2)nn1. The van der Waals surface area contributed by atoms with Crippen molar-refractivity contribution in [3.05, 3.63) is 65.6 Å². The van der Waals surface area contributed by atoms with Crippen LogP contribution >= 0.6 is 0 Å². The molecule has 3 aromatic rings. The maximum atomic E-state index is 13.2. The number of aryl methyl sites for hydroxylation is 1. The quantitative estimate of drug-likeness (QED) is 0.479. The van der Waals surface area contributed by atoms with Gasteiger partial charge in [-0.15, -0.1) is 10.2 Å². The van der Waals surface area contributed by atoms with Gasteiger partial charge in [0.05, 0.1) is 12.2 Å². The van der Waals surface area contributed by atoms with Crippen LogP contribution in [-0.2, 0) is 16.1 Å². The molecule has 1 saturated carbocycles. The molecule has 1 aromatic heterocycles. The standard InChI is InChI=1S/C29H30N6O4/c1-18-30-15-25(33-32-18)19-6-10-24(11-7-19)39-26-13-20(4-5-21(26)16-34-12-2-3-27(34)36)29(38)31-22-14-28(37)35(17-22)23-8-9-23/h4-7,10-11,13,15,22-23H,2-3,8-9,12,14,16-17H2,1H3,(H,31,38)/t22-/m0/s1. The summed E-state index contributed by atoms with van der Waals surface area (Å²) < 4.78 is 6.27. The van der Waals surface area contributed by atoms with E-state index in [-0.39, 0.29) is 23.8 Å². The Bertz CT molecular complexity index is 1400. The van der Waals surface area contributed by atoms with E-state index in [2.05, 4.69) is 20.5 Å². The molecule has 2 aromatic carbocycles. The lowest BCUT2D eigenvalue weighted by Crippen LogP contribution is -2.37. The zero-order chi connectivity index (χ0) is 26.9. The van der Waals surface area contributed by atoms with E-state index in [0.717, 1.165) is 30.4 Å². The van der Waals surface area contributed by atoms with Gasteiger partial charge >= 0.3 is 0 Å². The van der Waals surface area contributed by atoms with Crippen LogP contribution in [0.5, 0.6) is 11.5 Å². The molecule has 3 heterocycles. The molecule has 10 nitrogen and oxygen atoms in total. The fraction of sp³-hybridized carbons (Fsp3) is 0.379. The van der Waals surface area contributed by atoms with Crippen LogP contribution in [0.1, 0.15) is 53.8 Å². The average molecular weight is 527 g/mol. The van der Waals surface area contributed by atoms with Crippen molar-refractivity contribution in [3.8, 4) is 22.8 Å². The van der Waals surface area contributed by atoms with Crippen molar-refractivity contribution in [2.75, 3.05) is 13.1 Å². The van der Waals surface area contributed by atoms with Crippen molar-refractivity contribution in [1.82, 2.24) is 30.3 Å². The third kappa shape index (κ3) is 5.59. The Morgan fingerprint density at radius 2 is 1.90 bits per heavy atom. The van der Waals surface area contributed by atoms with Crippen molar-refractivity contribution >= 4 is 17.7 Å². The lowest BCUT2D eigenvalue weighted by atomic mass is 10.1. The largest absolute Gasteiger partial charge is 0.457 e.